The molecular formula is C17H15BrN2. The number of rotatable bonds is 2. The standard InChI is InChI=1S/C17H15BrN2/c1-11-3-4-14-9-15(6-5-13(14)7-11)20-17-8-12(2)16(18)10-19-17/h3-10H,1-2H3,(H,19,20). The Morgan fingerprint density at radius 2 is 1.70 bits per heavy atom. The number of fused-ring (bicyclic) bond motifs is 1. The third kappa shape index (κ3) is 2.68. The molecule has 0 spiro atoms. The summed E-state index contributed by atoms with van der Waals surface area (Å²) in [6, 6.07) is 14.9. The fourth-order valence-corrected chi connectivity index (χ4v) is 2.42. The molecule has 100 valence electrons. The zero-order valence-electron chi connectivity index (χ0n) is 11.4. The van der Waals surface area contributed by atoms with Crippen LogP contribution >= 0.6 is 15.9 Å². The molecule has 3 aromatic rings. The van der Waals surface area contributed by atoms with E-state index in [0.29, 0.717) is 0 Å². The highest BCUT2D eigenvalue weighted by molar-refractivity contribution is 9.10. The summed E-state index contributed by atoms with van der Waals surface area (Å²) in [5.41, 5.74) is 3.50. The van der Waals surface area contributed by atoms with E-state index in [1.165, 1.54) is 21.9 Å². The van der Waals surface area contributed by atoms with Crippen LogP contribution in [0.3, 0.4) is 0 Å². The minimum absolute atomic E-state index is 0.858. The normalized spacial score (nSPS) is 10.8. The van der Waals surface area contributed by atoms with Gasteiger partial charge in [-0.2, -0.15) is 0 Å². The summed E-state index contributed by atoms with van der Waals surface area (Å²) < 4.78 is 1.03. The summed E-state index contributed by atoms with van der Waals surface area (Å²) in [6.07, 6.45) is 1.82. The van der Waals surface area contributed by atoms with Crippen molar-refractivity contribution >= 4 is 38.2 Å². The molecule has 0 bridgehead atoms. The van der Waals surface area contributed by atoms with Crippen LogP contribution in [0.4, 0.5) is 11.5 Å². The van der Waals surface area contributed by atoms with Gasteiger partial charge < -0.3 is 5.32 Å². The van der Waals surface area contributed by atoms with Crippen LogP contribution in [0.5, 0.6) is 0 Å². The molecule has 1 heterocycles. The molecule has 2 nitrogen and oxygen atoms in total. The summed E-state index contributed by atoms with van der Waals surface area (Å²) in [5.74, 6) is 0.858. The maximum absolute atomic E-state index is 4.37. The number of anilines is 2. The summed E-state index contributed by atoms with van der Waals surface area (Å²) in [7, 11) is 0. The highest BCUT2D eigenvalue weighted by atomic mass is 79.9. The Labute approximate surface area is 127 Å². The van der Waals surface area contributed by atoms with E-state index in [1.54, 1.807) is 0 Å². The van der Waals surface area contributed by atoms with Crippen molar-refractivity contribution in [2.45, 2.75) is 13.8 Å². The Bertz CT molecular complexity index is 781. The minimum Gasteiger partial charge on any atom is -0.340 e. The first-order chi connectivity index (χ1) is 9.61. The third-order valence-electron chi connectivity index (χ3n) is 3.32. The fraction of sp³-hybridized carbons (Fsp3) is 0.118. The van der Waals surface area contributed by atoms with Crippen molar-refractivity contribution in [2.24, 2.45) is 0 Å². The molecule has 20 heavy (non-hydrogen) atoms. The highest BCUT2D eigenvalue weighted by Gasteiger charge is 2.01. The molecule has 0 fully saturated rings. The Morgan fingerprint density at radius 1 is 0.950 bits per heavy atom. The Kier molecular flexibility index (Phi) is 3.45. The molecule has 0 amide bonds. The second-order valence-electron chi connectivity index (χ2n) is 5.01. The van der Waals surface area contributed by atoms with Gasteiger partial charge in [0.2, 0.25) is 0 Å². The number of aryl methyl sites for hydroxylation is 2. The lowest BCUT2D eigenvalue weighted by Gasteiger charge is -2.08. The number of halogens is 1. The molecule has 0 aliphatic rings. The van der Waals surface area contributed by atoms with Gasteiger partial charge in [0, 0.05) is 16.4 Å². The molecule has 0 radical (unpaired) electrons. The number of nitrogens with zero attached hydrogens (tertiary/aromatic N) is 1. The highest BCUT2D eigenvalue weighted by Crippen LogP contribution is 2.24. The molecule has 0 atom stereocenters. The van der Waals surface area contributed by atoms with Crippen LogP contribution in [0.2, 0.25) is 0 Å². The second kappa shape index (κ2) is 5.25. The van der Waals surface area contributed by atoms with Crippen molar-refractivity contribution < 1.29 is 0 Å². The lowest BCUT2D eigenvalue weighted by molar-refractivity contribution is 1.25. The summed E-state index contributed by atoms with van der Waals surface area (Å²) in [5, 5.41) is 5.84. The molecule has 1 N–H and O–H groups in total. The quantitative estimate of drug-likeness (QED) is 0.685. The Morgan fingerprint density at radius 3 is 2.50 bits per heavy atom. The molecule has 3 rings (SSSR count). The number of hydrogen-bond acceptors (Lipinski definition) is 2. The van der Waals surface area contributed by atoms with Gasteiger partial charge in [0.05, 0.1) is 0 Å². The van der Waals surface area contributed by atoms with Crippen molar-refractivity contribution in [3.63, 3.8) is 0 Å². The van der Waals surface area contributed by atoms with E-state index < -0.39 is 0 Å². The SMILES string of the molecule is Cc1ccc2cc(Nc3cc(C)c(Br)cn3)ccc2c1. The van der Waals surface area contributed by atoms with Gasteiger partial charge in [-0.25, -0.2) is 4.98 Å². The molecule has 0 aliphatic heterocycles. The van der Waals surface area contributed by atoms with Gasteiger partial charge in [-0.1, -0.05) is 29.8 Å². The zero-order valence-corrected chi connectivity index (χ0v) is 13.0. The number of pyridine rings is 1. The minimum atomic E-state index is 0.858. The topological polar surface area (TPSA) is 24.9 Å². The van der Waals surface area contributed by atoms with Crippen LogP contribution in [-0.2, 0) is 0 Å². The third-order valence-corrected chi connectivity index (χ3v) is 4.15. The van der Waals surface area contributed by atoms with Crippen molar-refractivity contribution in [3.05, 3.63) is 64.3 Å². The van der Waals surface area contributed by atoms with Crippen LogP contribution in [0.25, 0.3) is 10.8 Å². The number of aromatic nitrogens is 1. The van der Waals surface area contributed by atoms with Crippen molar-refractivity contribution in [3.8, 4) is 0 Å². The van der Waals surface area contributed by atoms with E-state index in [2.05, 4.69) is 76.5 Å². The molecule has 0 saturated heterocycles. The smallest absolute Gasteiger partial charge is 0.130 e. The van der Waals surface area contributed by atoms with Crippen LogP contribution in [0.1, 0.15) is 11.1 Å². The maximum atomic E-state index is 4.37. The number of benzene rings is 2. The summed E-state index contributed by atoms with van der Waals surface area (Å²) in [6.45, 7) is 4.17. The first-order valence-corrected chi connectivity index (χ1v) is 7.31. The van der Waals surface area contributed by atoms with Gasteiger partial charge >= 0.3 is 0 Å². The van der Waals surface area contributed by atoms with E-state index in [0.717, 1.165) is 16.0 Å². The lowest BCUT2D eigenvalue weighted by Crippen LogP contribution is -1.94. The van der Waals surface area contributed by atoms with E-state index in [9.17, 15) is 0 Å². The van der Waals surface area contributed by atoms with Gasteiger partial charge in [0.25, 0.3) is 0 Å². The predicted molar refractivity (Wildman–Crippen MR) is 88.6 cm³/mol. The van der Waals surface area contributed by atoms with E-state index >= 15 is 0 Å². The first kappa shape index (κ1) is 13.1. The molecule has 2 aromatic carbocycles. The molecule has 3 heteroatoms. The van der Waals surface area contributed by atoms with E-state index in [4.69, 9.17) is 0 Å². The van der Waals surface area contributed by atoms with Gasteiger partial charge in [0.1, 0.15) is 5.82 Å². The number of nitrogens with one attached hydrogen (secondary N) is 1. The van der Waals surface area contributed by atoms with Gasteiger partial charge in [-0.15, -0.1) is 0 Å². The molecule has 0 unspecified atom stereocenters. The molecule has 1 aromatic heterocycles. The van der Waals surface area contributed by atoms with Crippen LogP contribution in [0.15, 0.2) is 53.1 Å². The van der Waals surface area contributed by atoms with Crippen LogP contribution < -0.4 is 5.32 Å². The number of hydrogen-bond donors (Lipinski definition) is 1. The van der Waals surface area contributed by atoms with Crippen molar-refractivity contribution in [1.29, 1.82) is 0 Å². The fourth-order valence-electron chi connectivity index (χ4n) is 2.20. The summed E-state index contributed by atoms with van der Waals surface area (Å²) >= 11 is 3.46. The maximum Gasteiger partial charge on any atom is 0.130 e. The first-order valence-electron chi connectivity index (χ1n) is 6.51. The molecule has 0 saturated carbocycles. The lowest BCUT2D eigenvalue weighted by atomic mass is 10.1. The zero-order chi connectivity index (χ0) is 14.1. The second-order valence-corrected chi connectivity index (χ2v) is 5.86. The van der Waals surface area contributed by atoms with Crippen LogP contribution in [0, 0.1) is 13.8 Å². The summed E-state index contributed by atoms with van der Waals surface area (Å²) in [4.78, 5) is 4.37. The van der Waals surface area contributed by atoms with Gasteiger partial charge in [0.15, 0.2) is 0 Å². The van der Waals surface area contributed by atoms with Gasteiger partial charge in [-0.05, 0) is 64.3 Å². The average molecular weight is 327 g/mol. The van der Waals surface area contributed by atoms with E-state index in [-0.39, 0.29) is 0 Å². The Hall–Kier alpha value is -1.87. The largest absolute Gasteiger partial charge is 0.340 e. The van der Waals surface area contributed by atoms with Gasteiger partial charge in [-0.3, -0.25) is 0 Å². The van der Waals surface area contributed by atoms with E-state index in [1.807, 2.05) is 12.3 Å². The monoisotopic (exact) mass is 326 g/mol. The Balaban J connectivity index is 1.94. The predicted octanol–water partition coefficient (Wildman–Crippen LogP) is 5.36. The molecule has 0 aliphatic carbocycles. The average Bonchev–Trinajstić information content (AvgIpc) is 2.43. The van der Waals surface area contributed by atoms with Crippen LogP contribution in [-0.4, -0.2) is 4.98 Å². The van der Waals surface area contributed by atoms with Crippen molar-refractivity contribution in [2.75, 3.05) is 5.32 Å². The van der Waals surface area contributed by atoms with Crippen molar-refractivity contribution in [1.82, 2.24) is 4.98 Å². The molecular weight excluding hydrogens is 312 g/mol.